The molecule has 0 amide bonds. The molecule has 1 saturated heterocycles. The first-order chi connectivity index (χ1) is 5.72. The van der Waals surface area contributed by atoms with Crippen molar-refractivity contribution in [1.82, 2.24) is 9.80 Å². The maximum absolute atomic E-state index is 9.75. The second-order valence-electron chi connectivity index (χ2n) is 2.77. The Morgan fingerprint density at radius 3 is 1.38 bits per heavy atom. The first kappa shape index (κ1) is 13.0. The monoisotopic (exact) mass is 221 g/mol. The Labute approximate surface area is 79.5 Å². The Morgan fingerprint density at radius 2 is 1.31 bits per heavy atom. The largest absolute Gasteiger partial charge is 0.673 e. The normalized spacial score (nSPS) is 21.5. The average molecular weight is 221 g/mol. The maximum atomic E-state index is 9.75. The first-order valence-corrected chi connectivity index (χ1v) is 4.07. The fraction of sp³-hybridized carbons (Fsp3) is 1.00. The third kappa shape index (κ3) is 7.10. The molecule has 1 aliphatic heterocycles. The highest BCUT2D eigenvalue weighted by atomic mass is 35.5. The zero-order valence-corrected chi connectivity index (χ0v) is 8.11. The molecule has 0 atom stereocenters. The van der Waals surface area contributed by atoms with Crippen LogP contribution in [-0.4, -0.2) is 49.9 Å². The van der Waals surface area contributed by atoms with Gasteiger partial charge in [0.05, 0.1) is 0 Å². The van der Waals surface area contributed by atoms with E-state index in [0.717, 1.165) is 13.1 Å². The highest BCUT2D eigenvalue weighted by Gasteiger charge is 2.22. The molecule has 0 bridgehead atoms. The van der Waals surface area contributed by atoms with Gasteiger partial charge in [0.1, 0.15) is 5.62 Å². The topological polar surface area (TPSA) is 6.48 Å². The summed E-state index contributed by atoms with van der Waals surface area (Å²) in [6.45, 7) is 2.18. The molecule has 1 heterocycles. The minimum Gasteiger partial charge on any atom is -0.418 e. The minimum atomic E-state index is -6.00. The summed E-state index contributed by atoms with van der Waals surface area (Å²) in [6, 6.07) is 0. The van der Waals surface area contributed by atoms with Crippen LogP contribution in [0.15, 0.2) is 0 Å². The lowest BCUT2D eigenvalue weighted by molar-refractivity contribution is 0.273. The molecule has 1 aliphatic rings. The van der Waals surface area contributed by atoms with E-state index in [1.165, 1.54) is 0 Å². The van der Waals surface area contributed by atoms with E-state index in [1.807, 2.05) is 14.1 Å². The molecule has 0 unspecified atom stereocenters. The molecule has 0 aromatic rings. The summed E-state index contributed by atoms with van der Waals surface area (Å²) in [5, 5.41) is 0. The predicted octanol–water partition coefficient (Wildman–Crippen LogP) is 1.69. The fourth-order valence-corrected chi connectivity index (χ4v) is 1.06. The van der Waals surface area contributed by atoms with Gasteiger partial charge in [-0.05, 0) is 14.1 Å². The Morgan fingerprint density at radius 1 is 1.08 bits per heavy atom. The Balaban J connectivity index is 0.000000252. The Hall–Kier alpha value is -0.00506. The summed E-state index contributed by atoms with van der Waals surface area (Å²) in [6.07, 6.45) is 0. The van der Waals surface area contributed by atoms with Gasteiger partial charge < -0.3 is 17.3 Å². The zero-order chi connectivity index (χ0) is 10.6. The minimum absolute atomic E-state index is 0.120. The van der Waals surface area contributed by atoms with Crippen molar-refractivity contribution in [3.63, 3.8) is 0 Å². The standard InChI is InChI=1S/C5H11ClN2.BF4/c1-7-3-4-8(2)5(7)6;2-1(3,4)5/h5H,3-4H2,1-2H3;/q;-1. The van der Waals surface area contributed by atoms with Crippen LogP contribution < -0.4 is 0 Å². The van der Waals surface area contributed by atoms with Crippen molar-refractivity contribution in [2.24, 2.45) is 0 Å². The molecule has 0 spiro atoms. The van der Waals surface area contributed by atoms with Crippen molar-refractivity contribution < 1.29 is 17.3 Å². The molecule has 0 aliphatic carbocycles. The van der Waals surface area contributed by atoms with Gasteiger partial charge in [0.15, 0.2) is 0 Å². The van der Waals surface area contributed by atoms with Crippen molar-refractivity contribution in [3.05, 3.63) is 0 Å². The third-order valence-electron chi connectivity index (χ3n) is 1.53. The average Bonchev–Trinajstić information content (AvgIpc) is 2.16. The van der Waals surface area contributed by atoms with Crippen LogP contribution in [0.25, 0.3) is 0 Å². The van der Waals surface area contributed by atoms with Gasteiger partial charge in [-0.3, -0.25) is 9.80 Å². The smallest absolute Gasteiger partial charge is 0.418 e. The Bertz CT molecular complexity index is 140. The molecular formula is C5H11BClF4N2-. The second-order valence-corrected chi connectivity index (χ2v) is 3.16. The molecule has 1 rings (SSSR count). The molecule has 0 radical (unpaired) electrons. The number of hydrogen-bond acceptors (Lipinski definition) is 2. The summed E-state index contributed by atoms with van der Waals surface area (Å²) in [5.41, 5.74) is 0.120. The van der Waals surface area contributed by atoms with Crippen LogP contribution in [0.3, 0.4) is 0 Å². The highest BCUT2D eigenvalue weighted by molar-refractivity contribution is 6.50. The number of rotatable bonds is 0. The zero-order valence-electron chi connectivity index (χ0n) is 7.35. The molecule has 0 aromatic carbocycles. The lowest BCUT2D eigenvalue weighted by Gasteiger charge is -2.16. The van der Waals surface area contributed by atoms with Crippen LogP contribution in [0.1, 0.15) is 0 Å². The summed E-state index contributed by atoms with van der Waals surface area (Å²) < 4.78 is 39.0. The second kappa shape index (κ2) is 5.02. The lowest BCUT2D eigenvalue weighted by Crippen LogP contribution is -2.28. The van der Waals surface area contributed by atoms with Gasteiger partial charge in [-0.25, -0.2) is 0 Å². The van der Waals surface area contributed by atoms with Crippen molar-refractivity contribution in [1.29, 1.82) is 0 Å². The van der Waals surface area contributed by atoms with E-state index in [2.05, 4.69) is 9.80 Å². The molecular weight excluding hydrogens is 210 g/mol. The van der Waals surface area contributed by atoms with Gasteiger partial charge in [0.25, 0.3) is 0 Å². The Kier molecular flexibility index (Phi) is 5.02. The van der Waals surface area contributed by atoms with E-state index >= 15 is 0 Å². The van der Waals surface area contributed by atoms with Crippen LogP contribution in [0.5, 0.6) is 0 Å². The van der Waals surface area contributed by atoms with E-state index in [1.54, 1.807) is 0 Å². The number of alkyl halides is 1. The highest BCUT2D eigenvalue weighted by Crippen LogP contribution is 2.12. The fourth-order valence-electron chi connectivity index (χ4n) is 0.865. The van der Waals surface area contributed by atoms with E-state index < -0.39 is 7.25 Å². The predicted molar refractivity (Wildman–Crippen MR) is 45.1 cm³/mol. The maximum Gasteiger partial charge on any atom is 0.673 e. The number of halogens is 5. The van der Waals surface area contributed by atoms with Crippen molar-refractivity contribution in [2.75, 3.05) is 27.2 Å². The number of nitrogens with zero attached hydrogens (tertiary/aromatic N) is 2. The van der Waals surface area contributed by atoms with E-state index in [-0.39, 0.29) is 5.62 Å². The van der Waals surface area contributed by atoms with Crippen LogP contribution in [0.4, 0.5) is 17.3 Å². The molecule has 8 heteroatoms. The number of likely N-dealkylation sites (N-methyl/N-ethyl adjacent to an activating group) is 2. The van der Waals surface area contributed by atoms with Gasteiger partial charge in [-0.15, -0.1) is 0 Å². The summed E-state index contributed by atoms with van der Waals surface area (Å²) in [4.78, 5) is 4.23. The van der Waals surface area contributed by atoms with Crippen molar-refractivity contribution >= 4 is 18.9 Å². The van der Waals surface area contributed by atoms with Crippen molar-refractivity contribution in [3.8, 4) is 0 Å². The van der Waals surface area contributed by atoms with E-state index in [0.29, 0.717) is 0 Å². The molecule has 0 saturated carbocycles. The van der Waals surface area contributed by atoms with Gasteiger partial charge in [-0.1, -0.05) is 11.6 Å². The van der Waals surface area contributed by atoms with Crippen LogP contribution >= 0.6 is 11.6 Å². The summed E-state index contributed by atoms with van der Waals surface area (Å²) in [5.74, 6) is 0. The molecule has 80 valence electrons. The van der Waals surface area contributed by atoms with Gasteiger partial charge in [-0.2, -0.15) is 0 Å². The quantitative estimate of drug-likeness (QED) is 0.266. The molecule has 0 aromatic heterocycles. The van der Waals surface area contributed by atoms with Crippen LogP contribution in [-0.2, 0) is 0 Å². The van der Waals surface area contributed by atoms with Gasteiger partial charge in [0, 0.05) is 13.1 Å². The van der Waals surface area contributed by atoms with Gasteiger partial charge in [0.2, 0.25) is 0 Å². The van der Waals surface area contributed by atoms with Crippen LogP contribution in [0, 0.1) is 0 Å². The first-order valence-electron chi connectivity index (χ1n) is 3.63. The SMILES string of the molecule is CN1CCN(C)C1Cl.F[B-](F)(F)F. The van der Waals surface area contributed by atoms with Gasteiger partial charge >= 0.3 is 7.25 Å². The molecule has 13 heavy (non-hydrogen) atoms. The molecule has 1 fully saturated rings. The molecule has 2 nitrogen and oxygen atoms in total. The lowest BCUT2D eigenvalue weighted by atomic mass is 10.3. The third-order valence-corrected chi connectivity index (χ3v) is 2.20. The van der Waals surface area contributed by atoms with Crippen molar-refractivity contribution in [2.45, 2.75) is 5.62 Å². The number of hydrogen-bond donors (Lipinski definition) is 0. The molecule has 0 N–H and O–H groups in total. The van der Waals surface area contributed by atoms with E-state index in [4.69, 9.17) is 11.6 Å². The summed E-state index contributed by atoms with van der Waals surface area (Å²) in [7, 11) is -1.94. The summed E-state index contributed by atoms with van der Waals surface area (Å²) >= 11 is 5.86. The van der Waals surface area contributed by atoms with E-state index in [9.17, 15) is 17.3 Å². The van der Waals surface area contributed by atoms with Crippen LogP contribution in [0.2, 0.25) is 0 Å².